The van der Waals surface area contributed by atoms with Crippen molar-refractivity contribution in [1.82, 2.24) is 60.5 Å². The van der Waals surface area contributed by atoms with Crippen molar-refractivity contribution in [1.29, 1.82) is 0 Å². The Morgan fingerprint density at radius 1 is 0.530 bits per heavy atom. The van der Waals surface area contributed by atoms with Gasteiger partial charge < -0.3 is 60.5 Å². The highest BCUT2D eigenvalue weighted by Crippen LogP contribution is 2.30. The first-order chi connectivity index (χ1) is 46.9. The number of carbonyl (C=O) groups is 12. The first-order valence-corrected chi connectivity index (χ1v) is 34.5. The molecule has 0 radical (unpaired) electrons. The van der Waals surface area contributed by atoms with Crippen LogP contribution in [0.3, 0.4) is 0 Å². The van der Waals surface area contributed by atoms with Gasteiger partial charge in [-0.1, -0.05) is 114 Å². The van der Waals surface area contributed by atoms with Gasteiger partial charge in [0, 0.05) is 73.9 Å². The van der Waals surface area contributed by atoms with Crippen molar-refractivity contribution in [2.24, 2.45) is 17.8 Å². The molecule has 2 aliphatic rings. The average Bonchev–Trinajstić information content (AvgIpc) is 0.879. The third kappa shape index (κ3) is 23.5. The van der Waals surface area contributed by atoms with Crippen molar-refractivity contribution in [3.05, 3.63) is 106 Å². The van der Waals surface area contributed by atoms with Crippen molar-refractivity contribution < 1.29 is 70.7 Å². The maximum atomic E-state index is 15.5. The molecule has 2 heterocycles. The second-order valence-corrected chi connectivity index (χ2v) is 27.9. The van der Waals surface area contributed by atoms with E-state index in [1.54, 1.807) is 52.0 Å². The minimum absolute atomic E-state index is 0.00129. The fraction of sp³-hybridized carbons (Fsp3) is 0.583. The molecular weight excluding hydrogens is 1320 g/mol. The SMILES string of the molecule is CC[C@H](C)[C@@H]1NC(=O)[C@H](C)N(C)C(=O)C[C@@H](C(=O)N2CCCC2)NC(=O)[C@H](CC(C)C)N(C)C(=O)[C@H](CCc2ccccc2)N(C)C(=O)[C@@H](CC(C)C)NC(=O)[C@@H](CCc2ccc(C(F)(F)F)cc2)NC(=O)CN(C)C(=O)[C@@H](Cc2ccc(Cl)cc2)N(C)C(=O)CN(C)C(=O)CN(C)C1=O. The predicted octanol–water partition coefficient (Wildman–Crippen LogP) is 4.97. The van der Waals surface area contributed by atoms with Crippen LogP contribution in [0.4, 0.5) is 13.2 Å². The van der Waals surface area contributed by atoms with Crippen LogP contribution in [0.1, 0.15) is 122 Å². The van der Waals surface area contributed by atoms with E-state index < -0.39 is 163 Å². The Morgan fingerprint density at radius 2 is 1.08 bits per heavy atom. The summed E-state index contributed by atoms with van der Waals surface area (Å²) >= 11 is 6.22. The van der Waals surface area contributed by atoms with Gasteiger partial charge in [-0.25, -0.2) is 0 Å². The van der Waals surface area contributed by atoms with Crippen LogP contribution in [0.15, 0.2) is 78.9 Å². The lowest BCUT2D eigenvalue weighted by Crippen LogP contribution is -2.60. The van der Waals surface area contributed by atoms with Crippen LogP contribution < -0.4 is 21.3 Å². The monoisotopic (exact) mass is 1420 g/mol. The van der Waals surface area contributed by atoms with Gasteiger partial charge in [0.15, 0.2) is 0 Å². The molecule has 2 fully saturated rings. The van der Waals surface area contributed by atoms with Crippen LogP contribution >= 0.6 is 11.6 Å². The number of hydrogen-bond acceptors (Lipinski definition) is 12. The summed E-state index contributed by atoms with van der Waals surface area (Å²) in [6.45, 7) is 11.0. The summed E-state index contributed by atoms with van der Waals surface area (Å²) in [5, 5.41) is 11.4. The summed E-state index contributed by atoms with van der Waals surface area (Å²) in [7, 11) is 9.44. The van der Waals surface area contributed by atoms with Crippen LogP contribution in [-0.2, 0) is 83.0 Å². The quantitative estimate of drug-likeness (QED) is 0.157. The summed E-state index contributed by atoms with van der Waals surface area (Å²) in [5.41, 5.74) is 0.787. The molecule has 9 atom stereocenters. The highest BCUT2D eigenvalue weighted by atomic mass is 35.5. The normalized spacial score (nSPS) is 23.5. The maximum Gasteiger partial charge on any atom is 0.416 e. The number of nitrogens with one attached hydrogen (secondary N) is 4. The molecule has 4 N–H and O–H groups in total. The van der Waals surface area contributed by atoms with E-state index >= 15 is 14.4 Å². The lowest BCUT2D eigenvalue weighted by atomic mass is 9.97. The van der Waals surface area contributed by atoms with Gasteiger partial charge in [-0.2, -0.15) is 13.2 Å². The maximum absolute atomic E-state index is 15.5. The number of alkyl halides is 3. The number of aryl methyl sites for hydroxylation is 2. The van der Waals surface area contributed by atoms with Gasteiger partial charge in [0.05, 0.1) is 31.6 Å². The van der Waals surface area contributed by atoms with Crippen molar-refractivity contribution >= 4 is 82.5 Å². The Balaban J connectivity index is 1.64. The van der Waals surface area contributed by atoms with Crippen molar-refractivity contribution in [2.45, 2.75) is 174 Å². The molecule has 0 spiro atoms. The van der Waals surface area contributed by atoms with E-state index in [1.165, 1.54) is 83.1 Å². The zero-order chi connectivity index (χ0) is 74.6. The van der Waals surface area contributed by atoms with Gasteiger partial charge in [-0.3, -0.25) is 57.5 Å². The molecule has 0 unspecified atom stereocenters. The van der Waals surface area contributed by atoms with E-state index in [2.05, 4.69) is 21.3 Å². The Morgan fingerprint density at radius 3 is 1.66 bits per heavy atom. The average molecular weight is 1420 g/mol. The molecule has 0 bridgehead atoms. The van der Waals surface area contributed by atoms with Crippen LogP contribution in [-0.4, -0.2) is 240 Å². The summed E-state index contributed by atoms with van der Waals surface area (Å²) < 4.78 is 41.1. The number of nitrogens with zero attached hydrogens (tertiary/aromatic N) is 8. The zero-order valence-electron chi connectivity index (χ0n) is 60.2. The number of hydrogen-bond donors (Lipinski definition) is 4. The molecule has 12 amide bonds. The third-order valence-electron chi connectivity index (χ3n) is 18.8. The van der Waals surface area contributed by atoms with E-state index in [1.807, 2.05) is 44.2 Å². The molecular formula is C72H102ClF3N12O12. The van der Waals surface area contributed by atoms with Crippen LogP contribution in [0.5, 0.6) is 0 Å². The van der Waals surface area contributed by atoms with Gasteiger partial charge in [-0.15, -0.1) is 0 Å². The van der Waals surface area contributed by atoms with Gasteiger partial charge in [-0.05, 0) is 117 Å². The number of rotatable bonds is 15. The van der Waals surface area contributed by atoms with E-state index in [0.29, 0.717) is 48.5 Å². The van der Waals surface area contributed by atoms with Gasteiger partial charge in [0.1, 0.15) is 48.3 Å². The topological polar surface area (TPSA) is 279 Å². The molecule has 3 aromatic carbocycles. The molecule has 3 aromatic rings. The van der Waals surface area contributed by atoms with Crippen molar-refractivity contribution in [3.63, 3.8) is 0 Å². The lowest BCUT2D eigenvalue weighted by molar-refractivity contribution is -0.150. The molecule has 5 rings (SSSR count). The first kappa shape index (κ1) is 82.1. The summed E-state index contributed by atoms with van der Waals surface area (Å²) in [5.74, 6) is -10.00. The zero-order valence-corrected chi connectivity index (χ0v) is 60.9. The number of amides is 12. The Bertz CT molecular complexity index is 3340. The van der Waals surface area contributed by atoms with Gasteiger partial charge in [0.25, 0.3) is 0 Å². The number of halogens is 4. The molecule has 24 nitrogen and oxygen atoms in total. The molecule has 28 heteroatoms. The number of likely N-dealkylation sites (tertiary alicyclic amines) is 1. The Hall–Kier alpha value is -8.62. The van der Waals surface area contributed by atoms with Crippen LogP contribution in [0, 0.1) is 17.8 Å². The van der Waals surface area contributed by atoms with Crippen LogP contribution in [0.2, 0.25) is 5.02 Å². The summed E-state index contributed by atoms with van der Waals surface area (Å²) in [6, 6.07) is 8.93. The lowest BCUT2D eigenvalue weighted by Gasteiger charge is -2.37. The fourth-order valence-corrected chi connectivity index (χ4v) is 12.2. The number of likely N-dealkylation sites (N-methyl/N-ethyl adjacent to an activating group) is 7. The molecule has 2 saturated heterocycles. The summed E-state index contributed by atoms with van der Waals surface area (Å²) in [6.07, 6.45) is -3.73. The molecule has 0 aliphatic carbocycles. The number of benzene rings is 3. The van der Waals surface area contributed by atoms with E-state index in [9.17, 15) is 56.3 Å². The standard InChI is InChI=1S/C72H102ClF3N12O12/c1-15-46(6)63-71(100)83(10)42-61(91)81(8)43-62(92)85(12)58(39-50-25-31-52(73)32-26-50)69(98)82(9)41-59(89)77-53(33-27-49-23-29-51(30-24-49)72(74,75)76)65(94)78-54(37-44(2)3)67(96)86(13)56(34-28-48-21-17-16-18-22-48)70(99)87(14)57(38-45(4)5)66(95)79-55(68(97)88-35-19-20-36-88)40-60(90)84(11)47(7)64(93)80-63/h16-18,21-26,29-32,44-47,53-58,63H,15,19-20,27-28,33-43H2,1-14H3,(H,77,89)(H,78,94)(H,79,95)(H,80,93)/t46-,47-,53+,54+,55-,56-,57-,58+,63-/m0/s1. The van der Waals surface area contributed by atoms with E-state index in [-0.39, 0.29) is 56.8 Å². The second kappa shape index (κ2) is 37.7. The van der Waals surface area contributed by atoms with Gasteiger partial charge in [0.2, 0.25) is 70.9 Å². The fourth-order valence-electron chi connectivity index (χ4n) is 12.0. The van der Waals surface area contributed by atoms with E-state index in [0.717, 1.165) is 42.2 Å². The Kier molecular flexibility index (Phi) is 30.9. The minimum Gasteiger partial charge on any atom is -0.343 e. The minimum atomic E-state index is -4.65. The van der Waals surface area contributed by atoms with Crippen LogP contribution in [0.25, 0.3) is 0 Å². The van der Waals surface area contributed by atoms with Gasteiger partial charge >= 0.3 is 6.18 Å². The smallest absolute Gasteiger partial charge is 0.343 e. The molecule has 100 heavy (non-hydrogen) atoms. The highest BCUT2D eigenvalue weighted by molar-refractivity contribution is 6.30. The second-order valence-electron chi connectivity index (χ2n) is 27.5. The largest absolute Gasteiger partial charge is 0.416 e. The third-order valence-corrected chi connectivity index (χ3v) is 19.0. The number of carbonyl (C=O) groups excluding carboxylic acids is 12. The molecule has 2 aliphatic heterocycles. The predicted molar refractivity (Wildman–Crippen MR) is 371 cm³/mol. The molecule has 0 aromatic heterocycles. The van der Waals surface area contributed by atoms with Crippen molar-refractivity contribution in [3.8, 4) is 0 Å². The Labute approximate surface area is 590 Å². The van der Waals surface area contributed by atoms with Crippen molar-refractivity contribution in [2.75, 3.05) is 82.1 Å². The van der Waals surface area contributed by atoms with E-state index in [4.69, 9.17) is 11.6 Å². The first-order valence-electron chi connectivity index (χ1n) is 34.2. The molecule has 0 saturated carbocycles. The highest BCUT2D eigenvalue weighted by Gasteiger charge is 2.42. The summed E-state index contributed by atoms with van der Waals surface area (Å²) in [4.78, 5) is 185. The molecule has 550 valence electrons.